The predicted octanol–water partition coefficient (Wildman–Crippen LogP) is 2.64. The Balaban J connectivity index is 2.13. The monoisotopic (exact) mass is 381 g/mol. The number of benzene rings is 2. The number of nitrogens with one attached hydrogen (secondary N) is 3. The van der Waals surface area contributed by atoms with Gasteiger partial charge in [0.2, 0.25) is 15.9 Å². The first-order chi connectivity index (χ1) is 12.2. The lowest BCUT2D eigenvalue weighted by Gasteiger charge is -2.17. The van der Waals surface area contributed by atoms with E-state index in [-0.39, 0.29) is 11.4 Å². The van der Waals surface area contributed by atoms with Gasteiger partial charge in [-0.2, -0.15) is 0 Å². The minimum atomic E-state index is -3.50. The molecule has 0 saturated heterocycles. The quantitative estimate of drug-likeness (QED) is 0.685. The van der Waals surface area contributed by atoms with Gasteiger partial charge in [0, 0.05) is 5.69 Å². The number of carbonyl (C=O) groups is 1. The number of amides is 1. The highest BCUT2D eigenvalue weighted by Crippen LogP contribution is 2.29. The minimum Gasteiger partial charge on any atom is -0.495 e. The van der Waals surface area contributed by atoms with E-state index >= 15 is 0 Å². The van der Waals surface area contributed by atoms with Crippen LogP contribution in [0.25, 0.3) is 0 Å². The van der Waals surface area contributed by atoms with Gasteiger partial charge in [-0.15, -0.1) is 0 Å². The molecule has 0 aliphatic rings. The number of anilines is 3. The van der Waals surface area contributed by atoms with Crippen molar-refractivity contribution in [1.82, 2.24) is 0 Å². The summed E-state index contributed by atoms with van der Waals surface area (Å²) in [6.07, 6.45) is 1.02. The maximum absolute atomic E-state index is 13.6. The summed E-state index contributed by atoms with van der Waals surface area (Å²) in [5.74, 6) is -0.634. The molecule has 0 bridgehead atoms. The molecule has 1 amide bonds. The minimum absolute atomic E-state index is 0.0836. The van der Waals surface area contributed by atoms with Crippen molar-refractivity contribution >= 4 is 33.0 Å². The zero-order chi connectivity index (χ0) is 19.3. The van der Waals surface area contributed by atoms with Crippen LogP contribution in [-0.2, 0) is 14.8 Å². The molecule has 3 N–H and O–H groups in total. The molecule has 140 valence electrons. The second-order valence-corrected chi connectivity index (χ2v) is 7.37. The Kier molecular flexibility index (Phi) is 6.04. The molecule has 2 aromatic rings. The van der Waals surface area contributed by atoms with E-state index in [4.69, 9.17) is 4.74 Å². The van der Waals surface area contributed by atoms with Gasteiger partial charge < -0.3 is 15.4 Å². The molecule has 0 spiro atoms. The summed E-state index contributed by atoms with van der Waals surface area (Å²) >= 11 is 0. The van der Waals surface area contributed by atoms with Crippen LogP contribution in [0.15, 0.2) is 42.5 Å². The number of carbonyl (C=O) groups excluding carboxylic acids is 1. The second kappa shape index (κ2) is 8.05. The van der Waals surface area contributed by atoms with Crippen molar-refractivity contribution in [3.63, 3.8) is 0 Å². The van der Waals surface area contributed by atoms with Crippen molar-refractivity contribution in [3.8, 4) is 5.75 Å². The van der Waals surface area contributed by atoms with Crippen LogP contribution in [0.5, 0.6) is 5.75 Å². The Labute approximate surface area is 151 Å². The number of methoxy groups -OCH3 is 1. The summed E-state index contributed by atoms with van der Waals surface area (Å²) in [7, 11) is -2.08. The van der Waals surface area contributed by atoms with Crippen molar-refractivity contribution in [2.45, 2.75) is 13.0 Å². The van der Waals surface area contributed by atoms with Gasteiger partial charge in [-0.3, -0.25) is 9.52 Å². The summed E-state index contributed by atoms with van der Waals surface area (Å²) in [5, 5.41) is 5.43. The molecule has 1 atom stereocenters. The van der Waals surface area contributed by atoms with Crippen LogP contribution in [0, 0.1) is 5.82 Å². The predicted molar refractivity (Wildman–Crippen MR) is 99.6 cm³/mol. The number of halogens is 1. The molecule has 0 radical (unpaired) electrons. The van der Waals surface area contributed by atoms with Crippen molar-refractivity contribution < 1.29 is 22.3 Å². The summed E-state index contributed by atoms with van der Waals surface area (Å²) in [4.78, 5) is 12.2. The normalized spacial score (nSPS) is 12.2. The zero-order valence-corrected chi connectivity index (χ0v) is 15.4. The van der Waals surface area contributed by atoms with E-state index in [2.05, 4.69) is 15.4 Å². The molecule has 0 aromatic heterocycles. The molecule has 0 fully saturated rings. The SMILES string of the molecule is COc1ccc(N[C@H](C)C(=O)Nc2ccccc2F)cc1NS(C)(=O)=O. The topological polar surface area (TPSA) is 96.5 Å². The van der Waals surface area contributed by atoms with E-state index in [1.807, 2.05) is 0 Å². The van der Waals surface area contributed by atoms with Crippen LogP contribution in [-0.4, -0.2) is 33.7 Å². The Bertz CT molecular complexity index is 903. The second-order valence-electron chi connectivity index (χ2n) is 5.62. The van der Waals surface area contributed by atoms with Crippen LogP contribution >= 0.6 is 0 Å². The zero-order valence-electron chi connectivity index (χ0n) is 14.5. The molecule has 2 aromatic carbocycles. The van der Waals surface area contributed by atoms with Crippen LogP contribution in [0.1, 0.15) is 6.92 Å². The lowest BCUT2D eigenvalue weighted by Crippen LogP contribution is -2.32. The average Bonchev–Trinajstić information content (AvgIpc) is 2.55. The Morgan fingerprint density at radius 1 is 1.15 bits per heavy atom. The number of para-hydroxylation sites is 1. The van der Waals surface area contributed by atoms with E-state index in [1.54, 1.807) is 25.1 Å². The van der Waals surface area contributed by atoms with Crippen molar-refractivity contribution in [3.05, 3.63) is 48.3 Å². The van der Waals surface area contributed by atoms with Gasteiger partial charge in [0.05, 0.1) is 24.7 Å². The maximum atomic E-state index is 13.6. The van der Waals surface area contributed by atoms with Crippen molar-refractivity contribution in [2.75, 3.05) is 28.7 Å². The van der Waals surface area contributed by atoms with E-state index < -0.39 is 27.8 Å². The van der Waals surface area contributed by atoms with Crippen LogP contribution in [0.3, 0.4) is 0 Å². The molecular formula is C17H20FN3O4S. The highest BCUT2D eigenvalue weighted by Gasteiger charge is 2.16. The Morgan fingerprint density at radius 2 is 1.85 bits per heavy atom. The van der Waals surface area contributed by atoms with Gasteiger partial charge in [-0.25, -0.2) is 12.8 Å². The third kappa shape index (κ3) is 5.35. The number of ether oxygens (including phenoxy) is 1. The number of rotatable bonds is 7. The smallest absolute Gasteiger partial charge is 0.246 e. The molecule has 2 rings (SSSR count). The molecule has 0 saturated carbocycles. The molecule has 0 heterocycles. The summed E-state index contributed by atoms with van der Waals surface area (Å²) < 4.78 is 44.0. The first-order valence-corrected chi connectivity index (χ1v) is 9.56. The fourth-order valence-electron chi connectivity index (χ4n) is 2.20. The third-order valence-electron chi connectivity index (χ3n) is 3.40. The van der Waals surface area contributed by atoms with Gasteiger partial charge >= 0.3 is 0 Å². The molecule has 0 unspecified atom stereocenters. The molecule has 0 aliphatic carbocycles. The maximum Gasteiger partial charge on any atom is 0.246 e. The first kappa shape index (κ1) is 19.5. The summed E-state index contributed by atoms with van der Waals surface area (Å²) in [5.41, 5.74) is 0.815. The fraction of sp³-hybridized carbons (Fsp3) is 0.235. The average molecular weight is 381 g/mol. The Morgan fingerprint density at radius 3 is 2.46 bits per heavy atom. The fourth-order valence-corrected chi connectivity index (χ4v) is 2.76. The van der Waals surface area contributed by atoms with Crippen LogP contribution in [0.4, 0.5) is 21.5 Å². The lowest BCUT2D eigenvalue weighted by molar-refractivity contribution is -0.116. The van der Waals surface area contributed by atoms with Gasteiger partial charge in [0.15, 0.2) is 0 Å². The Hall–Kier alpha value is -2.81. The van der Waals surface area contributed by atoms with Crippen molar-refractivity contribution in [2.24, 2.45) is 0 Å². The van der Waals surface area contributed by atoms with E-state index in [0.29, 0.717) is 11.4 Å². The highest BCUT2D eigenvalue weighted by atomic mass is 32.2. The van der Waals surface area contributed by atoms with Gasteiger partial charge in [0.25, 0.3) is 0 Å². The number of hydrogen-bond donors (Lipinski definition) is 3. The molecular weight excluding hydrogens is 361 g/mol. The largest absolute Gasteiger partial charge is 0.495 e. The molecule has 9 heteroatoms. The molecule has 7 nitrogen and oxygen atoms in total. The number of sulfonamides is 1. The van der Waals surface area contributed by atoms with E-state index in [1.165, 1.54) is 31.4 Å². The first-order valence-electron chi connectivity index (χ1n) is 7.67. The van der Waals surface area contributed by atoms with Crippen LogP contribution in [0.2, 0.25) is 0 Å². The van der Waals surface area contributed by atoms with E-state index in [9.17, 15) is 17.6 Å². The summed E-state index contributed by atoms with van der Waals surface area (Å²) in [6, 6.07) is 9.86. The molecule has 26 heavy (non-hydrogen) atoms. The van der Waals surface area contributed by atoms with Gasteiger partial charge in [-0.1, -0.05) is 12.1 Å². The van der Waals surface area contributed by atoms with Gasteiger partial charge in [-0.05, 0) is 37.3 Å². The summed E-state index contributed by atoms with van der Waals surface area (Å²) in [6.45, 7) is 1.60. The number of hydrogen-bond acceptors (Lipinski definition) is 5. The van der Waals surface area contributed by atoms with Gasteiger partial charge in [0.1, 0.15) is 17.6 Å². The lowest BCUT2D eigenvalue weighted by atomic mass is 10.2. The van der Waals surface area contributed by atoms with Crippen LogP contribution < -0.4 is 20.1 Å². The highest BCUT2D eigenvalue weighted by molar-refractivity contribution is 7.92. The third-order valence-corrected chi connectivity index (χ3v) is 3.99. The standard InChI is InChI=1S/C17H20FN3O4S/c1-11(17(22)20-14-7-5-4-6-13(14)18)19-12-8-9-16(25-2)15(10-12)21-26(3,23)24/h4-11,19,21H,1-3H3,(H,20,22)/t11-/m1/s1. The van der Waals surface area contributed by atoms with Crippen molar-refractivity contribution in [1.29, 1.82) is 0 Å². The molecule has 0 aliphatic heterocycles. The van der Waals surface area contributed by atoms with E-state index in [0.717, 1.165) is 6.26 Å².